The summed E-state index contributed by atoms with van der Waals surface area (Å²) in [6.45, 7) is 0.410. The van der Waals surface area contributed by atoms with E-state index in [1.54, 1.807) is 6.20 Å². The Kier molecular flexibility index (Phi) is 7.09. The Labute approximate surface area is 187 Å². The minimum atomic E-state index is -0.0747. The molecule has 1 amide bonds. The predicted molar refractivity (Wildman–Crippen MR) is 123 cm³/mol. The number of aromatic nitrogens is 3. The van der Waals surface area contributed by atoms with Crippen LogP contribution >= 0.6 is 23.1 Å². The van der Waals surface area contributed by atoms with Gasteiger partial charge < -0.3 is 15.4 Å². The number of thioether (sulfide) groups is 1. The Hall–Kier alpha value is -3.43. The molecule has 156 valence electrons. The van der Waals surface area contributed by atoms with Crippen LogP contribution in [0.4, 0.5) is 10.8 Å². The number of hydrogen-bond acceptors (Lipinski definition) is 8. The molecule has 0 saturated carbocycles. The molecule has 2 heterocycles. The molecule has 0 spiro atoms. The summed E-state index contributed by atoms with van der Waals surface area (Å²) in [5.74, 6) is 1.74. The summed E-state index contributed by atoms with van der Waals surface area (Å²) < 4.78 is 6.51. The number of anilines is 2. The Bertz CT molecular complexity index is 1110. The molecule has 0 saturated heterocycles. The highest BCUT2D eigenvalue weighted by molar-refractivity contribution is 8.01. The van der Waals surface area contributed by atoms with Gasteiger partial charge in [-0.15, -0.1) is 10.2 Å². The topological polar surface area (TPSA) is 89.0 Å². The van der Waals surface area contributed by atoms with Crippen molar-refractivity contribution in [1.29, 1.82) is 0 Å². The van der Waals surface area contributed by atoms with Gasteiger partial charge in [0, 0.05) is 11.9 Å². The largest absolute Gasteiger partial charge is 0.457 e. The van der Waals surface area contributed by atoms with Gasteiger partial charge in [0.2, 0.25) is 11.0 Å². The van der Waals surface area contributed by atoms with Gasteiger partial charge in [0.15, 0.2) is 4.34 Å². The molecule has 4 rings (SSSR count). The van der Waals surface area contributed by atoms with E-state index in [0.29, 0.717) is 11.7 Å². The minimum Gasteiger partial charge on any atom is -0.457 e. The molecule has 0 radical (unpaired) electrons. The van der Waals surface area contributed by atoms with Gasteiger partial charge in [-0.25, -0.2) is 0 Å². The number of benzene rings is 2. The molecule has 0 atom stereocenters. The number of rotatable bonds is 9. The number of amides is 1. The summed E-state index contributed by atoms with van der Waals surface area (Å²) in [7, 11) is 0. The molecule has 0 aliphatic carbocycles. The van der Waals surface area contributed by atoms with Crippen molar-refractivity contribution in [2.45, 2.75) is 10.9 Å². The molecule has 31 heavy (non-hydrogen) atoms. The van der Waals surface area contributed by atoms with Crippen LogP contribution in [0.25, 0.3) is 0 Å². The Morgan fingerprint density at radius 1 is 0.935 bits per heavy atom. The van der Waals surface area contributed by atoms with Gasteiger partial charge in [0.05, 0.1) is 18.0 Å². The SMILES string of the molecule is O=C(CSc1nnc(Nc2ccc(Oc3ccccc3)cc2)s1)NCc1ccccn1. The highest BCUT2D eigenvalue weighted by Gasteiger charge is 2.09. The molecule has 7 nitrogen and oxygen atoms in total. The van der Waals surface area contributed by atoms with E-state index in [1.165, 1.54) is 23.1 Å². The molecule has 0 bridgehead atoms. The molecular weight excluding hydrogens is 430 g/mol. The van der Waals surface area contributed by atoms with Crippen molar-refractivity contribution < 1.29 is 9.53 Å². The van der Waals surface area contributed by atoms with E-state index in [4.69, 9.17) is 4.74 Å². The van der Waals surface area contributed by atoms with Crippen molar-refractivity contribution in [2.24, 2.45) is 0 Å². The van der Waals surface area contributed by atoms with Crippen LogP contribution in [0.3, 0.4) is 0 Å². The van der Waals surface area contributed by atoms with Gasteiger partial charge in [-0.05, 0) is 48.5 Å². The maximum atomic E-state index is 12.0. The standard InChI is InChI=1S/C22H19N5O2S2/c28-20(24-14-17-6-4-5-13-23-17)15-30-22-27-26-21(31-22)25-16-9-11-19(12-10-16)29-18-7-2-1-3-8-18/h1-13H,14-15H2,(H,24,28)(H,25,26). The van der Waals surface area contributed by atoms with Gasteiger partial charge in [-0.2, -0.15) is 0 Å². The molecular formula is C22H19N5O2S2. The van der Waals surface area contributed by atoms with Crippen LogP contribution in [0, 0.1) is 0 Å². The van der Waals surface area contributed by atoms with Crippen molar-refractivity contribution in [3.05, 3.63) is 84.7 Å². The summed E-state index contributed by atoms with van der Waals surface area (Å²) in [5, 5.41) is 15.0. The second-order valence-corrected chi connectivity index (χ2v) is 8.52. The van der Waals surface area contributed by atoms with E-state index in [-0.39, 0.29) is 11.7 Å². The fourth-order valence-corrected chi connectivity index (χ4v) is 4.15. The molecule has 2 aromatic carbocycles. The first kappa shape index (κ1) is 20.8. The van der Waals surface area contributed by atoms with Crippen molar-refractivity contribution in [3.8, 4) is 11.5 Å². The molecule has 9 heteroatoms. The second-order valence-electron chi connectivity index (χ2n) is 6.32. The van der Waals surface area contributed by atoms with Crippen LogP contribution in [0.2, 0.25) is 0 Å². The zero-order chi connectivity index (χ0) is 21.3. The highest BCUT2D eigenvalue weighted by atomic mass is 32.2. The van der Waals surface area contributed by atoms with E-state index in [0.717, 1.165) is 27.2 Å². The zero-order valence-corrected chi connectivity index (χ0v) is 18.0. The number of nitrogens with zero attached hydrogens (tertiary/aromatic N) is 3. The molecule has 2 aromatic heterocycles. The Morgan fingerprint density at radius 2 is 1.71 bits per heavy atom. The Morgan fingerprint density at radius 3 is 2.48 bits per heavy atom. The first-order valence-corrected chi connectivity index (χ1v) is 11.3. The van der Waals surface area contributed by atoms with Crippen LogP contribution in [-0.4, -0.2) is 26.8 Å². The van der Waals surface area contributed by atoms with Gasteiger partial charge in [0.1, 0.15) is 11.5 Å². The number of carbonyl (C=O) groups is 1. The fraction of sp³-hybridized carbons (Fsp3) is 0.0909. The average molecular weight is 450 g/mol. The third kappa shape index (κ3) is 6.53. The van der Waals surface area contributed by atoms with Gasteiger partial charge in [-0.3, -0.25) is 9.78 Å². The summed E-state index contributed by atoms with van der Waals surface area (Å²) >= 11 is 2.75. The lowest BCUT2D eigenvalue weighted by Crippen LogP contribution is -2.24. The minimum absolute atomic E-state index is 0.0747. The normalized spacial score (nSPS) is 10.5. The van der Waals surface area contributed by atoms with E-state index >= 15 is 0 Å². The lowest BCUT2D eigenvalue weighted by atomic mass is 10.3. The first-order chi connectivity index (χ1) is 15.2. The van der Waals surface area contributed by atoms with Crippen molar-refractivity contribution in [1.82, 2.24) is 20.5 Å². The highest BCUT2D eigenvalue weighted by Crippen LogP contribution is 2.29. The number of pyridine rings is 1. The van der Waals surface area contributed by atoms with Crippen molar-refractivity contribution in [2.75, 3.05) is 11.1 Å². The predicted octanol–water partition coefficient (Wildman–Crippen LogP) is 4.88. The summed E-state index contributed by atoms with van der Waals surface area (Å²) in [4.78, 5) is 16.2. The van der Waals surface area contributed by atoms with Gasteiger partial charge in [-0.1, -0.05) is 47.4 Å². The Balaban J connectivity index is 1.23. The first-order valence-electron chi connectivity index (χ1n) is 9.47. The lowest BCUT2D eigenvalue weighted by Gasteiger charge is -2.06. The zero-order valence-electron chi connectivity index (χ0n) is 16.4. The van der Waals surface area contributed by atoms with Gasteiger partial charge >= 0.3 is 0 Å². The number of nitrogens with one attached hydrogen (secondary N) is 2. The molecule has 2 N–H and O–H groups in total. The maximum Gasteiger partial charge on any atom is 0.230 e. The second kappa shape index (κ2) is 10.6. The van der Waals surface area contributed by atoms with E-state index in [1.807, 2.05) is 72.8 Å². The molecule has 0 aliphatic heterocycles. The van der Waals surface area contributed by atoms with Crippen molar-refractivity contribution in [3.63, 3.8) is 0 Å². The van der Waals surface area contributed by atoms with Crippen LogP contribution in [0.15, 0.2) is 83.3 Å². The summed E-state index contributed by atoms with van der Waals surface area (Å²) in [5.41, 5.74) is 1.70. The average Bonchev–Trinajstić information content (AvgIpc) is 3.26. The number of carbonyl (C=O) groups excluding carboxylic acids is 1. The van der Waals surface area contributed by atoms with E-state index < -0.39 is 0 Å². The number of para-hydroxylation sites is 1. The monoisotopic (exact) mass is 449 g/mol. The third-order valence-electron chi connectivity index (χ3n) is 4.01. The molecule has 0 fully saturated rings. The van der Waals surface area contributed by atoms with E-state index in [9.17, 15) is 4.79 Å². The third-order valence-corrected chi connectivity index (χ3v) is 5.98. The quantitative estimate of drug-likeness (QED) is 0.352. The maximum absolute atomic E-state index is 12.0. The van der Waals surface area contributed by atoms with Crippen molar-refractivity contribution >= 4 is 39.8 Å². The number of hydrogen-bond donors (Lipinski definition) is 2. The van der Waals surface area contributed by atoms with Crippen LogP contribution in [0.1, 0.15) is 5.69 Å². The summed E-state index contributed by atoms with van der Waals surface area (Å²) in [6.07, 6.45) is 1.70. The van der Waals surface area contributed by atoms with Crippen LogP contribution in [-0.2, 0) is 11.3 Å². The fourth-order valence-electron chi connectivity index (χ4n) is 2.54. The molecule has 4 aromatic rings. The van der Waals surface area contributed by atoms with Crippen LogP contribution < -0.4 is 15.4 Å². The van der Waals surface area contributed by atoms with E-state index in [2.05, 4.69) is 25.8 Å². The molecule has 0 aliphatic rings. The number of ether oxygens (including phenoxy) is 1. The smallest absolute Gasteiger partial charge is 0.230 e. The van der Waals surface area contributed by atoms with Gasteiger partial charge in [0.25, 0.3) is 0 Å². The summed E-state index contributed by atoms with van der Waals surface area (Å²) in [6, 6.07) is 22.8. The van der Waals surface area contributed by atoms with Crippen LogP contribution in [0.5, 0.6) is 11.5 Å². The lowest BCUT2D eigenvalue weighted by molar-refractivity contribution is -0.118. The molecule has 0 unspecified atom stereocenters.